The van der Waals surface area contributed by atoms with E-state index in [1.54, 1.807) is 0 Å². The fourth-order valence-electron chi connectivity index (χ4n) is 4.41. The van der Waals surface area contributed by atoms with Gasteiger partial charge in [-0.25, -0.2) is 0 Å². The summed E-state index contributed by atoms with van der Waals surface area (Å²) in [6, 6.07) is -0.670. The number of nitrogens with one attached hydrogen (secondary N) is 1. The second kappa shape index (κ2) is 6.82. The molecule has 4 atom stereocenters. The lowest BCUT2D eigenvalue weighted by molar-refractivity contribution is -0.141. The van der Waals surface area contributed by atoms with Gasteiger partial charge in [-0.3, -0.25) is 9.59 Å². The van der Waals surface area contributed by atoms with E-state index in [9.17, 15) is 22.8 Å². The van der Waals surface area contributed by atoms with E-state index in [1.165, 1.54) is 0 Å². The summed E-state index contributed by atoms with van der Waals surface area (Å²) in [6.45, 7) is 15.6. The van der Waals surface area contributed by atoms with Gasteiger partial charge in [0.2, 0.25) is 11.8 Å². The van der Waals surface area contributed by atoms with Crippen molar-refractivity contribution >= 4 is 11.8 Å². The van der Waals surface area contributed by atoms with Crippen molar-refractivity contribution in [2.24, 2.45) is 22.7 Å². The Hall–Kier alpha value is -1.53. The first-order valence-corrected chi connectivity index (χ1v) is 9.43. The highest BCUT2D eigenvalue weighted by Gasteiger charge is 2.66. The molecule has 4 nitrogen and oxygen atoms in total. The first-order valence-electron chi connectivity index (χ1n) is 9.43. The lowest BCUT2D eigenvalue weighted by atomic mass is 9.85. The first-order chi connectivity index (χ1) is 12.1. The van der Waals surface area contributed by atoms with Gasteiger partial charge in [-0.1, -0.05) is 41.2 Å². The number of likely N-dealkylation sites (tertiary alicyclic amines) is 1. The fourth-order valence-corrected chi connectivity index (χ4v) is 4.41. The third kappa shape index (κ3) is 4.32. The Bertz CT molecular complexity index is 634. The zero-order valence-electron chi connectivity index (χ0n) is 17.0. The van der Waals surface area contributed by atoms with E-state index in [0.717, 1.165) is 0 Å². The van der Waals surface area contributed by atoms with Crippen molar-refractivity contribution in [3.05, 3.63) is 12.2 Å². The molecule has 0 radical (unpaired) electrons. The van der Waals surface area contributed by atoms with Gasteiger partial charge >= 0.3 is 6.18 Å². The van der Waals surface area contributed by atoms with E-state index >= 15 is 0 Å². The van der Waals surface area contributed by atoms with Crippen LogP contribution in [0.1, 0.15) is 54.4 Å². The van der Waals surface area contributed by atoms with Crippen molar-refractivity contribution in [2.75, 3.05) is 6.54 Å². The van der Waals surface area contributed by atoms with Gasteiger partial charge in [0.15, 0.2) is 0 Å². The lowest BCUT2D eigenvalue weighted by Crippen LogP contribution is -2.56. The zero-order chi connectivity index (χ0) is 20.9. The fraction of sp³-hybridized carbons (Fsp3) is 0.800. The van der Waals surface area contributed by atoms with Crippen molar-refractivity contribution in [3.8, 4) is 0 Å². The smallest absolute Gasteiger partial charge is 0.344 e. The summed E-state index contributed by atoms with van der Waals surface area (Å²) in [6.07, 6.45) is -5.32. The molecule has 1 saturated heterocycles. The molecular weight excluding hydrogens is 357 g/mol. The molecule has 1 saturated carbocycles. The number of hydrogen-bond donors (Lipinski definition) is 1. The van der Waals surface area contributed by atoms with Crippen LogP contribution >= 0.6 is 0 Å². The van der Waals surface area contributed by atoms with E-state index in [1.807, 2.05) is 32.6 Å². The molecule has 0 spiro atoms. The number of carbonyl (C=O) groups is 2. The van der Waals surface area contributed by atoms with Gasteiger partial charge in [0, 0.05) is 24.6 Å². The molecular formula is C20H31F3N2O2. The number of allylic oxidation sites excluding steroid dienone is 1. The molecule has 1 aliphatic heterocycles. The Morgan fingerprint density at radius 3 is 2.19 bits per heavy atom. The van der Waals surface area contributed by atoms with Crippen LogP contribution in [0.25, 0.3) is 0 Å². The van der Waals surface area contributed by atoms with Gasteiger partial charge in [-0.2, -0.15) is 13.2 Å². The van der Waals surface area contributed by atoms with Crippen molar-refractivity contribution in [1.82, 2.24) is 10.2 Å². The summed E-state index contributed by atoms with van der Waals surface area (Å²) < 4.78 is 37.6. The number of fused-ring (bicyclic) bond motifs is 1. The van der Waals surface area contributed by atoms with Gasteiger partial charge in [0.25, 0.3) is 0 Å². The largest absolute Gasteiger partial charge is 0.412 e. The number of hydrogen-bond acceptors (Lipinski definition) is 2. The van der Waals surface area contributed by atoms with Gasteiger partial charge in [-0.15, -0.1) is 0 Å². The molecule has 1 heterocycles. The normalized spacial score (nSPS) is 27.7. The minimum Gasteiger partial charge on any atom is -0.344 e. The highest BCUT2D eigenvalue weighted by molar-refractivity contribution is 5.89. The zero-order valence-corrected chi connectivity index (χ0v) is 17.0. The molecule has 1 aliphatic carbocycles. The van der Waals surface area contributed by atoms with E-state index in [2.05, 4.69) is 25.7 Å². The average molecular weight is 388 g/mol. The summed E-state index contributed by atoms with van der Waals surface area (Å²) in [7, 11) is 0. The maximum atomic E-state index is 13.1. The molecule has 2 aliphatic rings. The van der Waals surface area contributed by atoms with Crippen molar-refractivity contribution < 1.29 is 22.8 Å². The van der Waals surface area contributed by atoms with Crippen LogP contribution in [-0.4, -0.2) is 41.5 Å². The number of halogens is 3. The van der Waals surface area contributed by atoms with E-state index in [-0.39, 0.29) is 23.8 Å². The van der Waals surface area contributed by atoms with Crippen LogP contribution in [-0.2, 0) is 9.59 Å². The minimum absolute atomic E-state index is 0.101. The second-order valence-corrected chi connectivity index (χ2v) is 9.65. The third-order valence-corrected chi connectivity index (χ3v) is 6.30. The highest BCUT2D eigenvalue weighted by atomic mass is 19.4. The molecule has 0 aromatic heterocycles. The van der Waals surface area contributed by atoms with Crippen molar-refractivity contribution in [3.63, 3.8) is 0 Å². The molecule has 27 heavy (non-hydrogen) atoms. The molecule has 1 N–H and O–H groups in total. The number of rotatable bonds is 5. The van der Waals surface area contributed by atoms with Crippen LogP contribution in [0.5, 0.6) is 0 Å². The van der Waals surface area contributed by atoms with Gasteiger partial charge in [-0.05, 0) is 36.0 Å². The Balaban J connectivity index is 2.01. The van der Waals surface area contributed by atoms with Gasteiger partial charge in [0.05, 0.1) is 0 Å². The lowest BCUT2D eigenvalue weighted by Gasteiger charge is -2.37. The monoisotopic (exact) mass is 388 g/mol. The summed E-state index contributed by atoms with van der Waals surface area (Å²) in [5.41, 5.74) is -1.24. The standard InChI is InChI=1S/C20H31F3N2O2/c1-11(20(21,22)23)8-9-14(26)24-16(18(3,4)5)17(27)25-10-13-15(12(25)2)19(13,6)7/h12-13,15-16H,1,8-10H2,2-7H3,(H,24,26)/t12-,13+,15-,16-/m1/s1. The molecule has 2 fully saturated rings. The molecule has 154 valence electrons. The van der Waals surface area contributed by atoms with Gasteiger partial charge < -0.3 is 10.2 Å². The van der Waals surface area contributed by atoms with Crippen LogP contribution in [0.4, 0.5) is 13.2 Å². The van der Waals surface area contributed by atoms with Crippen LogP contribution < -0.4 is 5.32 Å². The molecule has 2 amide bonds. The topological polar surface area (TPSA) is 49.4 Å². The van der Waals surface area contributed by atoms with Gasteiger partial charge in [0.1, 0.15) is 6.04 Å². The quantitative estimate of drug-likeness (QED) is 0.726. The minimum atomic E-state index is -4.50. The number of nitrogens with zero attached hydrogens (tertiary/aromatic N) is 1. The number of amides is 2. The third-order valence-electron chi connectivity index (χ3n) is 6.30. The second-order valence-electron chi connectivity index (χ2n) is 9.65. The van der Waals surface area contributed by atoms with Crippen LogP contribution in [0, 0.1) is 22.7 Å². The number of alkyl halides is 3. The molecule has 0 aromatic carbocycles. The molecule has 0 bridgehead atoms. The van der Waals surface area contributed by atoms with Crippen molar-refractivity contribution in [2.45, 2.75) is 72.6 Å². The number of carbonyl (C=O) groups excluding carboxylic acids is 2. The Morgan fingerprint density at radius 1 is 1.22 bits per heavy atom. The molecule has 7 heteroatoms. The summed E-state index contributed by atoms with van der Waals surface area (Å²) in [5.74, 6) is 0.225. The maximum Gasteiger partial charge on any atom is 0.412 e. The Morgan fingerprint density at radius 2 is 1.78 bits per heavy atom. The molecule has 0 unspecified atom stereocenters. The predicted molar refractivity (Wildman–Crippen MR) is 97.8 cm³/mol. The first kappa shape index (κ1) is 21.8. The summed E-state index contributed by atoms with van der Waals surface area (Å²) in [4.78, 5) is 27.2. The summed E-state index contributed by atoms with van der Waals surface area (Å²) in [5, 5.41) is 2.67. The molecule has 0 aromatic rings. The SMILES string of the molecule is C=C(CCC(=O)N[C@H](C(=O)N1C[C@H]2[C@@H]([C@H]1C)C2(C)C)C(C)(C)C)C(F)(F)F. The molecule has 2 rings (SSSR count). The Labute approximate surface area is 159 Å². The maximum absolute atomic E-state index is 13.1. The van der Waals surface area contributed by atoms with E-state index in [0.29, 0.717) is 18.4 Å². The van der Waals surface area contributed by atoms with E-state index in [4.69, 9.17) is 0 Å². The average Bonchev–Trinajstić information content (AvgIpc) is 2.84. The van der Waals surface area contributed by atoms with Crippen LogP contribution in [0.15, 0.2) is 12.2 Å². The Kier molecular flexibility index (Phi) is 5.49. The highest BCUT2D eigenvalue weighted by Crippen LogP contribution is 2.64. The van der Waals surface area contributed by atoms with Crippen LogP contribution in [0.2, 0.25) is 0 Å². The van der Waals surface area contributed by atoms with Crippen LogP contribution in [0.3, 0.4) is 0 Å². The van der Waals surface area contributed by atoms with Crippen molar-refractivity contribution in [1.29, 1.82) is 0 Å². The van der Waals surface area contributed by atoms with E-state index < -0.39 is 35.5 Å². The summed E-state index contributed by atoms with van der Waals surface area (Å²) >= 11 is 0. The number of piperidine rings is 1. The predicted octanol–water partition coefficient (Wildman–Crippen LogP) is 3.92.